The number of hydrogen-bond acceptors (Lipinski definition) is 4. The largest absolute Gasteiger partial charge is 0.398 e. The zero-order valence-corrected chi connectivity index (χ0v) is 14.5. The molecule has 0 amide bonds. The minimum atomic E-state index is -3.74. The van der Waals surface area contributed by atoms with Gasteiger partial charge in [-0.1, -0.05) is 11.6 Å². The maximum Gasteiger partial charge on any atom is 0.244 e. The van der Waals surface area contributed by atoms with Crippen molar-refractivity contribution in [3.63, 3.8) is 0 Å². The zero-order valence-electron chi connectivity index (χ0n) is 11.3. The van der Waals surface area contributed by atoms with Gasteiger partial charge in [-0.15, -0.1) is 0 Å². The van der Waals surface area contributed by atoms with Crippen LogP contribution in [0, 0.1) is 0 Å². The first-order valence-electron chi connectivity index (χ1n) is 6.09. The van der Waals surface area contributed by atoms with Crippen molar-refractivity contribution < 1.29 is 13.5 Å². The highest BCUT2D eigenvalue weighted by Crippen LogP contribution is 2.33. The van der Waals surface area contributed by atoms with E-state index in [-0.39, 0.29) is 34.8 Å². The molecule has 0 aliphatic carbocycles. The third-order valence-corrected chi connectivity index (χ3v) is 6.20. The summed E-state index contributed by atoms with van der Waals surface area (Å²) in [5.41, 5.74) is 6.01. The summed E-state index contributed by atoms with van der Waals surface area (Å²) in [5.74, 6) is 0. The smallest absolute Gasteiger partial charge is 0.244 e. The Hall–Kier alpha value is -0.340. The van der Waals surface area contributed by atoms with Gasteiger partial charge < -0.3 is 10.8 Å². The van der Waals surface area contributed by atoms with E-state index in [0.29, 0.717) is 10.9 Å². The van der Waals surface area contributed by atoms with Crippen LogP contribution >= 0.6 is 27.5 Å². The maximum atomic E-state index is 12.7. The molecule has 0 spiro atoms. The summed E-state index contributed by atoms with van der Waals surface area (Å²) in [6.07, 6.45) is 0.366. The highest BCUT2D eigenvalue weighted by atomic mass is 79.9. The average molecular weight is 386 g/mol. The van der Waals surface area contributed by atoms with E-state index in [0.717, 1.165) is 0 Å². The lowest BCUT2D eigenvalue weighted by Gasteiger charge is -2.26. The molecule has 0 saturated carbocycles. The number of aliphatic hydroxyl groups excluding tert-OH is 1. The standard InChI is InChI=1S/C12H18BrClN2O3S/c1-8(2)16(4-3-5-17)20(18,19)11-7-9(14)6-10(15)12(11)13/h6-8,17H,3-5,15H2,1-2H3. The number of anilines is 1. The summed E-state index contributed by atoms with van der Waals surface area (Å²) in [6, 6.07) is 2.61. The van der Waals surface area contributed by atoms with E-state index < -0.39 is 10.0 Å². The molecule has 1 aromatic rings. The Morgan fingerprint density at radius 2 is 2.05 bits per heavy atom. The van der Waals surface area contributed by atoms with Crippen molar-refractivity contribution in [2.75, 3.05) is 18.9 Å². The van der Waals surface area contributed by atoms with Crippen LogP contribution in [0.25, 0.3) is 0 Å². The van der Waals surface area contributed by atoms with Crippen LogP contribution in [0.2, 0.25) is 5.02 Å². The molecule has 0 aliphatic heterocycles. The predicted molar refractivity (Wildman–Crippen MR) is 84.3 cm³/mol. The Balaban J connectivity index is 3.33. The molecule has 8 heteroatoms. The van der Waals surface area contributed by atoms with Crippen LogP contribution in [0.15, 0.2) is 21.5 Å². The van der Waals surface area contributed by atoms with Crippen molar-refractivity contribution in [1.82, 2.24) is 4.31 Å². The minimum absolute atomic E-state index is 0.0362. The van der Waals surface area contributed by atoms with Crippen LogP contribution in [0.4, 0.5) is 5.69 Å². The molecular formula is C12H18BrClN2O3S. The second-order valence-corrected chi connectivity index (χ2v) is 7.68. The van der Waals surface area contributed by atoms with Crippen LogP contribution in [0.5, 0.6) is 0 Å². The highest BCUT2D eigenvalue weighted by Gasteiger charge is 2.29. The lowest BCUT2D eigenvalue weighted by molar-refractivity contribution is 0.258. The topological polar surface area (TPSA) is 83.6 Å². The number of hydrogen-bond donors (Lipinski definition) is 2. The molecule has 0 unspecified atom stereocenters. The van der Waals surface area contributed by atoms with E-state index in [1.807, 2.05) is 0 Å². The van der Waals surface area contributed by atoms with E-state index in [1.165, 1.54) is 16.4 Å². The molecular weight excluding hydrogens is 368 g/mol. The van der Waals surface area contributed by atoms with Crippen LogP contribution in [-0.4, -0.2) is 37.0 Å². The second-order valence-electron chi connectivity index (χ2n) is 4.59. The molecule has 0 aromatic heterocycles. The fourth-order valence-corrected chi connectivity index (χ4v) is 4.71. The molecule has 0 aliphatic rings. The van der Waals surface area contributed by atoms with Gasteiger partial charge >= 0.3 is 0 Å². The number of aliphatic hydroxyl groups is 1. The van der Waals surface area contributed by atoms with E-state index in [2.05, 4.69) is 15.9 Å². The van der Waals surface area contributed by atoms with E-state index in [9.17, 15) is 8.42 Å². The summed E-state index contributed by atoms with van der Waals surface area (Å²) in [4.78, 5) is 0.0362. The van der Waals surface area contributed by atoms with Gasteiger partial charge in [0.1, 0.15) is 0 Å². The Kier molecular flexibility index (Phi) is 6.27. The Labute approximate surface area is 132 Å². The van der Waals surface area contributed by atoms with Crippen LogP contribution < -0.4 is 5.73 Å². The number of nitrogens with two attached hydrogens (primary N) is 1. The number of benzene rings is 1. The summed E-state index contributed by atoms with van der Waals surface area (Å²) >= 11 is 9.09. The Morgan fingerprint density at radius 3 is 2.55 bits per heavy atom. The third kappa shape index (κ3) is 3.85. The Morgan fingerprint density at radius 1 is 1.45 bits per heavy atom. The van der Waals surface area contributed by atoms with E-state index in [4.69, 9.17) is 22.4 Å². The quantitative estimate of drug-likeness (QED) is 0.737. The lowest BCUT2D eigenvalue weighted by Crippen LogP contribution is -2.38. The van der Waals surface area contributed by atoms with Crippen molar-refractivity contribution in [2.45, 2.75) is 31.2 Å². The molecule has 3 N–H and O–H groups in total. The van der Waals surface area contributed by atoms with Gasteiger partial charge in [-0.25, -0.2) is 8.42 Å². The van der Waals surface area contributed by atoms with Gasteiger partial charge in [-0.2, -0.15) is 4.31 Å². The fraction of sp³-hybridized carbons (Fsp3) is 0.500. The second kappa shape index (κ2) is 7.09. The van der Waals surface area contributed by atoms with Crippen molar-refractivity contribution in [3.05, 3.63) is 21.6 Å². The van der Waals surface area contributed by atoms with Gasteiger partial charge in [-0.3, -0.25) is 0 Å². The van der Waals surface area contributed by atoms with Crippen molar-refractivity contribution in [3.8, 4) is 0 Å². The van der Waals surface area contributed by atoms with Crippen molar-refractivity contribution in [1.29, 1.82) is 0 Å². The average Bonchev–Trinajstić information content (AvgIpc) is 2.33. The monoisotopic (exact) mass is 384 g/mol. The van der Waals surface area contributed by atoms with Crippen LogP contribution in [-0.2, 0) is 10.0 Å². The normalized spacial score (nSPS) is 12.3. The van der Waals surface area contributed by atoms with Gasteiger partial charge in [0, 0.05) is 29.9 Å². The van der Waals surface area contributed by atoms with Gasteiger partial charge in [0.25, 0.3) is 0 Å². The van der Waals surface area contributed by atoms with Gasteiger partial charge in [0.05, 0.1) is 9.37 Å². The molecule has 114 valence electrons. The molecule has 0 atom stereocenters. The first kappa shape index (κ1) is 17.7. The van der Waals surface area contributed by atoms with E-state index >= 15 is 0 Å². The minimum Gasteiger partial charge on any atom is -0.398 e. The fourth-order valence-electron chi connectivity index (χ4n) is 1.78. The molecule has 0 saturated heterocycles. The molecule has 20 heavy (non-hydrogen) atoms. The molecule has 0 bridgehead atoms. The summed E-state index contributed by atoms with van der Waals surface area (Å²) in [6.45, 7) is 3.71. The van der Waals surface area contributed by atoms with Crippen LogP contribution in [0.3, 0.4) is 0 Å². The number of nitrogens with zero attached hydrogens (tertiary/aromatic N) is 1. The summed E-state index contributed by atoms with van der Waals surface area (Å²) < 4.78 is 27.0. The van der Waals surface area contributed by atoms with Gasteiger partial charge in [0.2, 0.25) is 10.0 Å². The molecule has 5 nitrogen and oxygen atoms in total. The number of rotatable bonds is 6. The third-order valence-electron chi connectivity index (χ3n) is 2.73. The number of nitrogen functional groups attached to an aromatic ring is 1. The van der Waals surface area contributed by atoms with E-state index in [1.54, 1.807) is 13.8 Å². The van der Waals surface area contributed by atoms with Crippen molar-refractivity contribution >= 4 is 43.2 Å². The molecule has 0 fully saturated rings. The highest BCUT2D eigenvalue weighted by molar-refractivity contribution is 9.10. The molecule has 0 radical (unpaired) electrons. The predicted octanol–water partition coefficient (Wildman–Crippen LogP) is 2.47. The maximum absolute atomic E-state index is 12.7. The zero-order chi connectivity index (χ0) is 15.5. The molecule has 1 aromatic carbocycles. The van der Waals surface area contributed by atoms with Crippen LogP contribution in [0.1, 0.15) is 20.3 Å². The summed E-state index contributed by atoms with van der Waals surface area (Å²) in [5, 5.41) is 9.16. The SMILES string of the molecule is CC(C)N(CCCO)S(=O)(=O)c1cc(Cl)cc(N)c1Br. The lowest BCUT2D eigenvalue weighted by atomic mass is 10.3. The first-order chi connectivity index (χ1) is 9.21. The molecule has 0 heterocycles. The van der Waals surface area contributed by atoms with Gasteiger partial charge in [0.15, 0.2) is 0 Å². The van der Waals surface area contributed by atoms with Gasteiger partial charge in [-0.05, 0) is 48.3 Å². The summed E-state index contributed by atoms with van der Waals surface area (Å²) in [7, 11) is -3.74. The first-order valence-corrected chi connectivity index (χ1v) is 8.70. The molecule has 1 rings (SSSR count). The van der Waals surface area contributed by atoms with Crippen molar-refractivity contribution in [2.24, 2.45) is 0 Å². The number of sulfonamides is 1. The Bertz CT molecular complexity index is 578. The number of halogens is 2.